The summed E-state index contributed by atoms with van der Waals surface area (Å²) < 4.78 is 11.4. The SMILES string of the molecule is COc1cc(/C=C(\C#N)C(=O)N2CCc3ccccc32)ccc1OCCSc1ccc(Cl)cc1. The van der Waals surface area contributed by atoms with Gasteiger partial charge in [-0.1, -0.05) is 35.9 Å². The summed E-state index contributed by atoms with van der Waals surface area (Å²) in [6.45, 7) is 1.07. The third-order valence-corrected chi connectivity index (χ3v) is 6.63. The first-order chi connectivity index (χ1) is 16.6. The van der Waals surface area contributed by atoms with E-state index in [1.807, 2.05) is 54.6 Å². The van der Waals surface area contributed by atoms with Crippen LogP contribution in [-0.4, -0.2) is 31.9 Å². The van der Waals surface area contributed by atoms with Gasteiger partial charge in [-0.05, 0) is 66.1 Å². The van der Waals surface area contributed by atoms with E-state index >= 15 is 0 Å². The van der Waals surface area contributed by atoms with Gasteiger partial charge in [-0.2, -0.15) is 5.26 Å². The van der Waals surface area contributed by atoms with Gasteiger partial charge in [-0.3, -0.25) is 4.79 Å². The number of amides is 1. The van der Waals surface area contributed by atoms with Crippen LogP contribution in [0.15, 0.2) is 77.2 Å². The molecule has 1 aliphatic rings. The predicted molar refractivity (Wildman–Crippen MR) is 137 cm³/mol. The normalized spacial score (nSPS) is 12.7. The molecule has 34 heavy (non-hydrogen) atoms. The van der Waals surface area contributed by atoms with Crippen molar-refractivity contribution in [1.82, 2.24) is 0 Å². The number of nitriles is 1. The molecule has 0 saturated carbocycles. The lowest BCUT2D eigenvalue weighted by Crippen LogP contribution is -2.29. The van der Waals surface area contributed by atoms with E-state index in [4.69, 9.17) is 21.1 Å². The van der Waals surface area contributed by atoms with E-state index < -0.39 is 0 Å². The number of ether oxygens (including phenoxy) is 2. The Kier molecular flexibility index (Phi) is 7.79. The Bertz CT molecular complexity index is 1250. The molecule has 3 aromatic rings. The Morgan fingerprint density at radius 3 is 2.71 bits per heavy atom. The second-order valence-corrected chi connectivity index (χ2v) is 9.17. The lowest BCUT2D eigenvalue weighted by molar-refractivity contribution is -0.114. The molecule has 0 fully saturated rings. The number of nitrogens with zero attached hydrogens (tertiary/aromatic N) is 2. The highest BCUT2D eigenvalue weighted by atomic mass is 35.5. The standard InChI is InChI=1S/C27H23ClN2O3S/c1-32-26-17-19(6-11-25(26)33-14-15-34-23-9-7-22(28)8-10-23)16-21(18-29)27(31)30-13-12-20-4-2-3-5-24(20)30/h2-11,16-17H,12-15H2,1H3/b21-16+. The largest absolute Gasteiger partial charge is 0.493 e. The molecule has 1 amide bonds. The van der Waals surface area contributed by atoms with Gasteiger partial charge in [0.2, 0.25) is 0 Å². The van der Waals surface area contributed by atoms with Crippen LogP contribution in [0.4, 0.5) is 5.69 Å². The summed E-state index contributed by atoms with van der Waals surface area (Å²) in [6.07, 6.45) is 2.38. The third kappa shape index (κ3) is 5.56. The topological polar surface area (TPSA) is 62.6 Å². The molecule has 0 aromatic heterocycles. The number of benzene rings is 3. The minimum atomic E-state index is -0.300. The van der Waals surface area contributed by atoms with Gasteiger partial charge in [-0.15, -0.1) is 11.8 Å². The Labute approximate surface area is 208 Å². The Balaban J connectivity index is 1.42. The smallest absolute Gasteiger partial charge is 0.268 e. The molecule has 3 aromatic carbocycles. The van der Waals surface area contributed by atoms with E-state index in [1.54, 1.807) is 42.0 Å². The summed E-state index contributed by atoms with van der Waals surface area (Å²) in [5.74, 6) is 1.61. The summed E-state index contributed by atoms with van der Waals surface area (Å²) in [4.78, 5) is 15.8. The number of hydrogen-bond donors (Lipinski definition) is 0. The van der Waals surface area contributed by atoms with E-state index in [0.29, 0.717) is 35.2 Å². The van der Waals surface area contributed by atoms with Crippen LogP contribution in [0.1, 0.15) is 11.1 Å². The highest BCUT2D eigenvalue weighted by molar-refractivity contribution is 7.99. The second-order valence-electron chi connectivity index (χ2n) is 7.57. The first kappa shape index (κ1) is 23.7. The van der Waals surface area contributed by atoms with Crippen molar-refractivity contribution in [2.24, 2.45) is 0 Å². The van der Waals surface area contributed by atoms with Crippen LogP contribution in [0.3, 0.4) is 0 Å². The fourth-order valence-electron chi connectivity index (χ4n) is 3.74. The second kappa shape index (κ2) is 11.1. The molecule has 0 radical (unpaired) electrons. The lowest BCUT2D eigenvalue weighted by atomic mass is 10.1. The molecule has 4 rings (SSSR count). The van der Waals surface area contributed by atoms with Crippen molar-refractivity contribution < 1.29 is 14.3 Å². The zero-order chi connectivity index (χ0) is 23.9. The van der Waals surface area contributed by atoms with Crippen molar-refractivity contribution in [2.75, 3.05) is 30.9 Å². The maximum Gasteiger partial charge on any atom is 0.268 e. The van der Waals surface area contributed by atoms with Crippen molar-refractivity contribution >= 4 is 41.0 Å². The van der Waals surface area contributed by atoms with Gasteiger partial charge in [-0.25, -0.2) is 0 Å². The van der Waals surface area contributed by atoms with Crippen LogP contribution < -0.4 is 14.4 Å². The van der Waals surface area contributed by atoms with E-state index in [2.05, 4.69) is 6.07 Å². The molecule has 7 heteroatoms. The van der Waals surface area contributed by atoms with E-state index in [1.165, 1.54) is 0 Å². The van der Waals surface area contributed by atoms with Crippen LogP contribution in [0, 0.1) is 11.3 Å². The van der Waals surface area contributed by atoms with Crippen molar-refractivity contribution in [1.29, 1.82) is 5.26 Å². The zero-order valence-electron chi connectivity index (χ0n) is 18.7. The Morgan fingerprint density at radius 2 is 1.94 bits per heavy atom. The Hall–Kier alpha value is -3.40. The maximum atomic E-state index is 13.0. The van der Waals surface area contributed by atoms with Crippen LogP contribution in [-0.2, 0) is 11.2 Å². The number of fused-ring (bicyclic) bond motifs is 1. The van der Waals surface area contributed by atoms with Crippen molar-refractivity contribution in [2.45, 2.75) is 11.3 Å². The molecular weight excluding hydrogens is 468 g/mol. The number of carbonyl (C=O) groups excluding carboxylic acids is 1. The molecule has 0 spiro atoms. The van der Waals surface area contributed by atoms with Gasteiger partial charge in [0, 0.05) is 27.9 Å². The number of rotatable bonds is 8. The summed E-state index contributed by atoms with van der Waals surface area (Å²) in [6, 6.07) is 22.9. The molecule has 0 atom stereocenters. The quantitative estimate of drug-likeness (QED) is 0.167. The highest BCUT2D eigenvalue weighted by Gasteiger charge is 2.26. The molecule has 172 valence electrons. The zero-order valence-corrected chi connectivity index (χ0v) is 20.2. The maximum absolute atomic E-state index is 13.0. The van der Waals surface area contributed by atoms with E-state index in [-0.39, 0.29) is 11.5 Å². The van der Waals surface area contributed by atoms with Gasteiger partial charge < -0.3 is 14.4 Å². The molecule has 0 unspecified atom stereocenters. The summed E-state index contributed by atoms with van der Waals surface area (Å²) in [7, 11) is 1.57. The van der Waals surface area contributed by atoms with Gasteiger partial charge in [0.1, 0.15) is 11.6 Å². The van der Waals surface area contributed by atoms with Gasteiger partial charge in [0.05, 0.1) is 13.7 Å². The number of carbonyl (C=O) groups is 1. The molecule has 0 N–H and O–H groups in total. The van der Waals surface area contributed by atoms with Crippen molar-refractivity contribution in [3.63, 3.8) is 0 Å². The van der Waals surface area contributed by atoms with Gasteiger partial charge in [0.15, 0.2) is 11.5 Å². The van der Waals surface area contributed by atoms with Crippen LogP contribution in [0.5, 0.6) is 11.5 Å². The number of para-hydroxylation sites is 1. The van der Waals surface area contributed by atoms with Crippen LogP contribution >= 0.6 is 23.4 Å². The third-order valence-electron chi connectivity index (χ3n) is 5.41. The molecule has 0 saturated heterocycles. The first-order valence-electron chi connectivity index (χ1n) is 10.8. The summed E-state index contributed by atoms with van der Waals surface area (Å²) >= 11 is 7.59. The molecular formula is C27H23ClN2O3S. The minimum Gasteiger partial charge on any atom is -0.493 e. The Morgan fingerprint density at radius 1 is 1.15 bits per heavy atom. The van der Waals surface area contributed by atoms with Crippen LogP contribution in [0.25, 0.3) is 6.08 Å². The van der Waals surface area contributed by atoms with E-state index in [0.717, 1.165) is 28.3 Å². The van der Waals surface area contributed by atoms with Gasteiger partial charge in [0.25, 0.3) is 5.91 Å². The number of anilines is 1. The summed E-state index contributed by atoms with van der Waals surface area (Å²) in [5, 5.41) is 10.4. The molecule has 1 aliphatic heterocycles. The average Bonchev–Trinajstić information content (AvgIpc) is 3.30. The molecule has 5 nitrogen and oxygen atoms in total. The number of thioether (sulfide) groups is 1. The number of hydrogen-bond acceptors (Lipinski definition) is 5. The highest BCUT2D eigenvalue weighted by Crippen LogP contribution is 2.31. The van der Waals surface area contributed by atoms with Gasteiger partial charge >= 0.3 is 0 Å². The fourth-order valence-corrected chi connectivity index (χ4v) is 4.60. The summed E-state index contributed by atoms with van der Waals surface area (Å²) in [5.41, 5.74) is 2.75. The fraction of sp³-hybridized carbons (Fsp3) is 0.185. The lowest BCUT2D eigenvalue weighted by Gasteiger charge is -2.16. The van der Waals surface area contributed by atoms with Crippen LogP contribution in [0.2, 0.25) is 5.02 Å². The monoisotopic (exact) mass is 490 g/mol. The van der Waals surface area contributed by atoms with Crippen molar-refractivity contribution in [3.8, 4) is 17.6 Å². The van der Waals surface area contributed by atoms with E-state index in [9.17, 15) is 10.1 Å². The minimum absolute atomic E-state index is 0.0757. The predicted octanol–water partition coefficient (Wildman–Crippen LogP) is 6.02. The first-order valence-corrected chi connectivity index (χ1v) is 12.2. The number of methoxy groups -OCH3 is 1. The number of halogens is 1. The average molecular weight is 491 g/mol. The molecule has 0 aliphatic carbocycles. The molecule has 0 bridgehead atoms. The molecule has 1 heterocycles. The van der Waals surface area contributed by atoms with Crippen molar-refractivity contribution in [3.05, 3.63) is 88.5 Å².